The zero-order chi connectivity index (χ0) is 36.8. The minimum atomic E-state index is -1.19. The van der Waals surface area contributed by atoms with Gasteiger partial charge in [0.05, 0.1) is 19.8 Å². The van der Waals surface area contributed by atoms with Gasteiger partial charge in [0.15, 0.2) is 0 Å². The van der Waals surface area contributed by atoms with Crippen molar-refractivity contribution < 1.29 is 58.1 Å². The monoisotopic (exact) mass is 713 g/mol. The fraction of sp³-hybridized carbons (Fsp3) is 0.800. The summed E-state index contributed by atoms with van der Waals surface area (Å²) in [5, 5.41) is 23.7. The van der Waals surface area contributed by atoms with Crippen LogP contribution in [0.25, 0.3) is 0 Å². The van der Waals surface area contributed by atoms with Crippen molar-refractivity contribution in [3.05, 3.63) is 0 Å². The second-order valence-electron chi connectivity index (χ2n) is 12.6. The lowest BCUT2D eigenvalue weighted by molar-refractivity contribution is -0.200. The molecule has 0 unspecified atom stereocenters. The largest absolute Gasteiger partial charge is 0.481 e. The van der Waals surface area contributed by atoms with Gasteiger partial charge in [-0.3, -0.25) is 24.0 Å². The SMILES string of the molecule is O=C(O)CCCCCCCCCCCCCCCCCCC(=O)N[C@@H](CCC(=O)NCCOCCOCC(=O)ON1C(=O)CCC1=O)C(=O)O. The summed E-state index contributed by atoms with van der Waals surface area (Å²) in [6.07, 6.45) is 18.2. The van der Waals surface area contributed by atoms with Crippen LogP contribution in [0.15, 0.2) is 0 Å². The minimum Gasteiger partial charge on any atom is -0.481 e. The second kappa shape index (κ2) is 29.2. The van der Waals surface area contributed by atoms with Gasteiger partial charge in [-0.2, -0.15) is 0 Å². The number of rotatable bonds is 33. The van der Waals surface area contributed by atoms with E-state index in [-0.39, 0.29) is 76.7 Å². The van der Waals surface area contributed by atoms with Crippen molar-refractivity contribution in [2.24, 2.45) is 0 Å². The first-order valence-corrected chi connectivity index (χ1v) is 18.3. The third-order valence-electron chi connectivity index (χ3n) is 8.20. The molecule has 4 amide bonds. The van der Waals surface area contributed by atoms with Gasteiger partial charge < -0.3 is 35.2 Å². The maximum atomic E-state index is 12.3. The van der Waals surface area contributed by atoms with E-state index in [0.29, 0.717) is 11.5 Å². The number of ether oxygens (including phenoxy) is 2. The first-order valence-electron chi connectivity index (χ1n) is 18.3. The van der Waals surface area contributed by atoms with Crippen LogP contribution in [0.1, 0.15) is 141 Å². The van der Waals surface area contributed by atoms with Gasteiger partial charge in [-0.15, -0.1) is 5.06 Å². The highest BCUT2D eigenvalue weighted by atomic mass is 16.7. The lowest BCUT2D eigenvalue weighted by Gasteiger charge is -2.14. The Hall–Kier alpha value is -3.59. The number of aliphatic carboxylic acids is 2. The normalized spacial score (nSPS) is 13.3. The van der Waals surface area contributed by atoms with Crippen LogP contribution >= 0.6 is 0 Å². The average Bonchev–Trinajstić information content (AvgIpc) is 3.38. The Labute approximate surface area is 295 Å². The summed E-state index contributed by atoms with van der Waals surface area (Å²) in [5.41, 5.74) is 0. The smallest absolute Gasteiger partial charge is 0.358 e. The van der Waals surface area contributed by atoms with Crippen LogP contribution in [0.3, 0.4) is 0 Å². The van der Waals surface area contributed by atoms with Gasteiger partial charge >= 0.3 is 17.9 Å². The number of unbranched alkanes of at least 4 members (excludes halogenated alkanes) is 15. The first kappa shape index (κ1) is 44.4. The maximum absolute atomic E-state index is 12.3. The van der Waals surface area contributed by atoms with Crippen molar-refractivity contribution >= 4 is 41.5 Å². The molecule has 0 aliphatic carbocycles. The molecule has 1 rings (SSSR count). The molecule has 0 radical (unpaired) electrons. The zero-order valence-corrected chi connectivity index (χ0v) is 29.6. The zero-order valence-electron chi connectivity index (χ0n) is 29.6. The van der Waals surface area contributed by atoms with Gasteiger partial charge in [0.25, 0.3) is 11.8 Å². The van der Waals surface area contributed by atoms with E-state index in [1.807, 2.05) is 0 Å². The second-order valence-corrected chi connectivity index (χ2v) is 12.6. The molecule has 0 aromatic rings. The number of amides is 4. The van der Waals surface area contributed by atoms with Crippen molar-refractivity contribution in [3.8, 4) is 0 Å². The third-order valence-corrected chi connectivity index (χ3v) is 8.20. The summed E-state index contributed by atoms with van der Waals surface area (Å²) in [6, 6.07) is -1.15. The summed E-state index contributed by atoms with van der Waals surface area (Å²) in [6.45, 7) is 0.00192. The number of hydroxylamine groups is 2. The van der Waals surface area contributed by atoms with Gasteiger partial charge in [0.1, 0.15) is 12.6 Å². The quantitative estimate of drug-likeness (QED) is 0.0556. The molecule has 1 saturated heterocycles. The molecular formula is C35H59N3O12. The predicted molar refractivity (Wildman–Crippen MR) is 181 cm³/mol. The summed E-state index contributed by atoms with van der Waals surface area (Å²) >= 11 is 0. The topological polar surface area (TPSA) is 215 Å². The number of imide groups is 1. The fourth-order valence-corrected chi connectivity index (χ4v) is 5.35. The molecular weight excluding hydrogens is 654 g/mol. The Morgan fingerprint density at radius 2 is 1.10 bits per heavy atom. The van der Waals surface area contributed by atoms with E-state index in [0.717, 1.165) is 38.5 Å². The number of hydrogen-bond acceptors (Lipinski definition) is 10. The summed E-state index contributed by atoms with van der Waals surface area (Å²) in [4.78, 5) is 85.6. The lowest BCUT2D eigenvalue weighted by atomic mass is 10.0. The highest BCUT2D eigenvalue weighted by Crippen LogP contribution is 2.15. The Morgan fingerprint density at radius 3 is 1.60 bits per heavy atom. The van der Waals surface area contributed by atoms with Gasteiger partial charge in [-0.1, -0.05) is 89.9 Å². The molecule has 1 aliphatic heterocycles. The van der Waals surface area contributed by atoms with Crippen molar-refractivity contribution in [2.45, 2.75) is 147 Å². The molecule has 0 saturated carbocycles. The Kier molecular flexibility index (Phi) is 25.9. The Balaban J connectivity index is 1.94. The van der Waals surface area contributed by atoms with E-state index in [4.69, 9.17) is 14.6 Å². The molecule has 1 fully saturated rings. The molecule has 15 heteroatoms. The Morgan fingerprint density at radius 1 is 0.620 bits per heavy atom. The number of nitrogens with one attached hydrogen (secondary N) is 2. The van der Waals surface area contributed by atoms with Gasteiger partial charge in [-0.25, -0.2) is 9.59 Å². The standard InChI is InChI=1S/C35H59N3O12/c39-29(36-23-24-48-25-26-49-27-34(45)50-38-31(41)21-22-32(38)42)20-19-28(35(46)47)37-30(40)17-15-13-11-9-7-5-3-1-2-4-6-8-10-12-14-16-18-33(43)44/h28H,1-27H2,(H,36,39)(H,37,40)(H,43,44)(H,46,47)/t28-/m0/s1. The van der Waals surface area contributed by atoms with Crippen molar-refractivity contribution in [1.82, 2.24) is 15.7 Å². The highest BCUT2D eigenvalue weighted by molar-refractivity contribution is 6.01. The van der Waals surface area contributed by atoms with Crippen LogP contribution in [-0.4, -0.2) is 95.8 Å². The number of hydrogen-bond donors (Lipinski definition) is 4. The molecule has 1 heterocycles. The van der Waals surface area contributed by atoms with E-state index in [9.17, 15) is 38.7 Å². The van der Waals surface area contributed by atoms with Crippen LogP contribution in [0.2, 0.25) is 0 Å². The maximum Gasteiger partial charge on any atom is 0.358 e. The molecule has 0 aromatic carbocycles. The summed E-state index contributed by atoms with van der Waals surface area (Å²) in [7, 11) is 0. The predicted octanol–water partition coefficient (Wildman–Crippen LogP) is 4.20. The number of nitrogens with zero attached hydrogens (tertiary/aromatic N) is 1. The van der Waals surface area contributed by atoms with E-state index in [2.05, 4.69) is 15.5 Å². The minimum absolute atomic E-state index is 0.00130. The number of carboxylic acids is 2. The van der Waals surface area contributed by atoms with E-state index < -0.39 is 42.4 Å². The number of carboxylic acid groups (broad SMARTS) is 2. The van der Waals surface area contributed by atoms with Crippen molar-refractivity contribution in [3.63, 3.8) is 0 Å². The van der Waals surface area contributed by atoms with Crippen LogP contribution < -0.4 is 10.6 Å². The summed E-state index contributed by atoms with van der Waals surface area (Å²) < 4.78 is 10.4. The Bertz CT molecular complexity index is 1020. The molecule has 1 atom stereocenters. The van der Waals surface area contributed by atoms with Gasteiger partial charge in [0.2, 0.25) is 11.8 Å². The fourth-order valence-electron chi connectivity index (χ4n) is 5.35. The molecule has 0 bridgehead atoms. The van der Waals surface area contributed by atoms with Crippen LogP contribution in [-0.2, 0) is 47.9 Å². The highest BCUT2D eigenvalue weighted by Gasteiger charge is 2.32. The molecule has 286 valence electrons. The van der Waals surface area contributed by atoms with Crippen molar-refractivity contribution in [2.75, 3.05) is 33.0 Å². The van der Waals surface area contributed by atoms with Gasteiger partial charge in [0, 0.05) is 38.6 Å². The van der Waals surface area contributed by atoms with Crippen LogP contribution in [0, 0.1) is 0 Å². The van der Waals surface area contributed by atoms with E-state index in [1.54, 1.807) is 0 Å². The molecule has 15 nitrogen and oxygen atoms in total. The van der Waals surface area contributed by atoms with Crippen LogP contribution in [0.4, 0.5) is 0 Å². The number of carbonyl (C=O) groups excluding carboxylic acids is 5. The number of carbonyl (C=O) groups is 7. The van der Waals surface area contributed by atoms with E-state index >= 15 is 0 Å². The molecule has 1 aliphatic rings. The molecule has 0 aromatic heterocycles. The van der Waals surface area contributed by atoms with Crippen molar-refractivity contribution in [1.29, 1.82) is 0 Å². The van der Waals surface area contributed by atoms with Gasteiger partial charge in [-0.05, 0) is 19.3 Å². The van der Waals surface area contributed by atoms with E-state index in [1.165, 1.54) is 57.8 Å². The molecule has 50 heavy (non-hydrogen) atoms. The first-order chi connectivity index (χ1) is 24.1. The molecule has 0 spiro atoms. The molecule has 4 N–H and O–H groups in total. The summed E-state index contributed by atoms with van der Waals surface area (Å²) in [5.74, 6) is -4.65. The third kappa shape index (κ3) is 24.5. The lowest BCUT2D eigenvalue weighted by Crippen LogP contribution is -2.41. The average molecular weight is 714 g/mol. The van der Waals surface area contributed by atoms with Crippen LogP contribution in [0.5, 0.6) is 0 Å².